The molecular formula is C15H11N3S2. The number of H-pyrrole nitrogens is 1. The lowest BCUT2D eigenvalue weighted by Gasteiger charge is -2.03. The van der Waals surface area contributed by atoms with E-state index < -0.39 is 0 Å². The van der Waals surface area contributed by atoms with Gasteiger partial charge in [0, 0.05) is 11.8 Å². The third-order valence-corrected chi connectivity index (χ3v) is 5.32. The summed E-state index contributed by atoms with van der Waals surface area (Å²) in [5.74, 6) is 0. The molecule has 3 aromatic rings. The van der Waals surface area contributed by atoms with Crippen LogP contribution >= 0.6 is 23.1 Å². The molecule has 0 aliphatic heterocycles. The van der Waals surface area contributed by atoms with E-state index in [2.05, 4.69) is 16.3 Å². The zero-order valence-corrected chi connectivity index (χ0v) is 12.4. The average Bonchev–Trinajstić information content (AvgIpc) is 3.14. The Balaban J connectivity index is 2.31. The molecule has 3 rings (SSSR count). The minimum absolute atomic E-state index is 0.748. The van der Waals surface area contributed by atoms with Gasteiger partial charge in [-0.2, -0.15) is 10.4 Å². The zero-order chi connectivity index (χ0) is 13.9. The lowest BCUT2D eigenvalue weighted by atomic mass is 10.0. The van der Waals surface area contributed by atoms with Gasteiger partial charge in [0.15, 0.2) is 0 Å². The monoisotopic (exact) mass is 297 g/mol. The Bertz CT molecular complexity index is 753. The van der Waals surface area contributed by atoms with Gasteiger partial charge in [0.25, 0.3) is 0 Å². The molecule has 0 bridgehead atoms. The summed E-state index contributed by atoms with van der Waals surface area (Å²) in [5.41, 5.74) is 3.75. The molecule has 0 spiro atoms. The number of benzene rings is 1. The Hall–Kier alpha value is -2.03. The number of aromatic nitrogens is 2. The highest BCUT2D eigenvalue weighted by Gasteiger charge is 2.20. The van der Waals surface area contributed by atoms with Crippen LogP contribution in [0.2, 0.25) is 0 Å². The van der Waals surface area contributed by atoms with E-state index in [1.807, 2.05) is 42.7 Å². The van der Waals surface area contributed by atoms with Gasteiger partial charge in [-0.25, -0.2) is 0 Å². The third kappa shape index (κ3) is 2.13. The van der Waals surface area contributed by atoms with Gasteiger partial charge < -0.3 is 0 Å². The summed E-state index contributed by atoms with van der Waals surface area (Å²) in [5, 5.41) is 16.5. The fourth-order valence-electron chi connectivity index (χ4n) is 2.11. The Labute approximate surface area is 125 Å². The van der Waals surface area contributed by atoms with Crippen molar-refractivity contribution < 1.29 is 0 Å². The largest absolute Gasteiger partial charge is 0.277 e. The molecule has 0 saturated carbocycles. The minimum atomic E-state index is 0.748. The van der Waals surface area contributed by atoms with E-state index in [4.69, 9.17) is 0 Å². The molecule has 0 aliphatic rings. The maximum Gasteiger partial charge on any atom is 0.102 e. The molecule has 3 nitrogen and oxygen atoms in total. The molecule has 5 heteroatoms. The second-order valence-electron chi connectivity index (χ2n) is 4.12. The first-order valence-corrected chi connectivity index (χ1v) is 8.05. The number of rotatable bonds is 3. The van der Waals surface area contributed by atoms with Crippen LogP contribution in [0, 0.1) is 11.3 Å². The molecule has 0 atom stereocenters. The Morgan fingerprint density at radius 3 is 2.65 bits per heavy atom. The summed E-state index contributed by atoms with van der Waals surface area (Å²) >= 11 is 3.24. The van der Waals surface area contributed by atoms with E-state index in [0.29, 0.717) is 0 Å². The smallest absolute Gasteiger partial charge is 0.102 e. The molecule has 0 amide bonds. The summed E-state index contributed by atoms with van der Waals surface area (Å²) in [6.07, 6.45) is 3.73. The van der Waals surface area contributed by atoms with Crippen molar-refractivity contribution in [2.24, 2.45) is 0 Å². The van der Waals surface area contributed by atoms with Crippen LogP contribution in [0.4, 0.5) is 0 Å². The molecule has 1 N–H and O–H groups in total. The van der Waals surface area contributed by atoms with E-state index >= 15 is 0 Å². The number of aromatic amines is 1. The van der Waals surface area contributed by atoms with Crippen molar-refractivity contribution in [3.63, 3.8) is 0 Å². The van der Waals surface area contributed by atoms with Crippen LogP contribution < -0.4 is 0 Å². The van der Waals surface area contributed by atoms with Gasteiger partial charge in [-0.15, -0.1) is 23.1 Å². The number of nitrogens with zero attached hydrogens (tertiary/aromatic N) is 2. The topological polar surface area (TPSA) is 52.5 Å². The van der Waals surface area contributed by atoms with Crippen molar-refractivity contribution in [2.45, 2.75) is 4.21 Å². The molecule has 0 unspecified atom stereocenters. The summed E-state index contributed by atoms with van der Waals surface area (Å²) in [4.78, 5) is 1.06. The van der Waals surface area contributed by atoms with E-state index in [1.54, 1.807) is 29.3 Å². The summed E-state index contributed by atoms with van der Waals surface area (Å²) in [6.45, 7) is 0. The molecule has 0 fully saturated rings. The van der Waals surface area contributed by atoms with Gasteiger partial charge in [0.05, 0.1) is 20.3 Å². The number of hydrogen-bond donors (Lipinski definition) is 1. The second-order valence-corrected chi connectivity index (χ2v) is 6.22. The quantitative estimate of drug-likeness (QED) is 0.729. The van der Waals surface area contributed by atoms with Crippen molar-refractivity contribution in [2.75, 3.05) is 6.26 Å². The molecule has 2 aromatic heterocycles. The van der Waals surface area contributed by atoms with Crippen molar-refractivity contribution in [1.29, 1.82) is 5.26 Å². The highest BCUT2D eigenvalue weighted by atomic mass is 32.2. The fraction of sp³-hybridized carbons (Fsp3) is 0.0667. The lowest BCUT2D eigenvalue weighted by Crippen LogP contribution is -1.83. The molecule has 2 heterocycles. The van der Waals surface area contributed by atoms with Crippen molar-refractivity contribution in [3.8, 4) is 27.8 Å². The van der Waals surface area contributed by atoms with E-state index in [-0.39, 0.29) is 0 Å². The van der Waals surface area contributed by atoms with Crippen LogP contribution in [0.25, 0.3) is 21.7 Å². The van der Waals surface area contributed by atoms with Gasteiger partial charge in [-0.05, 0) is 17.9 Å². The highest BCUT2D eigenvalue weighted by Crippen LogP contribution is 2.45. The van der Waals surface area contributed by atoms with Crippen LogP contribution in [0.1, 0.15) is 5.56 Å². The molecule has 0 aliphatic carbocycles. The van der Waals surface area contributed by atoms with Crippen LogP contribution in [0.15, 0.2) is 46.8 Å². The summed E-state index contributed by atoms with van der Waals surface area (Å²) < 4.78 is 1.04. The number of thioether (sulfide) groups is 1. The third-order valence-electron chi connectivity index (χ3n) is 2.98. The molecule has 98 valence electrons. The Morgan fingerprint density at radius 1 is 1.25 bits per heavy atom. The predicted octanol–water partition coefficient (Wildman–Crippen LogP) is 4.40. The fourth-order valence-corrected chi connectivity index (χ4v) is 4.02. The van der Waals surface area contributed by atoms with Crippen molar-refractivity contribution in [1.82, 2.24) is 10.2 Å². The van der Waals surface area contributed by atoms with Crippen molar-refractivity contribution in [3.05, 3.63) is 48.2 Å². The van der Waals surface area contributed by atoms with Gasteiger partial charge in [0.2, 0.25) is 0 Å². The lowest BCUT2D eigenvalue weighted by molar-refractivity contribution is 1.10. The molecular weight excluding hydrogens is 286 g/mol. The van der Waals surface area contributed by atoms with Gasteiger partial charge in [-0.1, -0.05) is 30.3 Å². The molecule has 20 heavy (non-hydrogen) atoms. The van der Waals surface area contributed by atoms with Gasteiger partial charge >= 0.3 is 0 Å². The van der Waals surface area contributed by atoms with Gasteiger partial charge in [0.1, 0.15) is 6.07 Å². The molecule has 0 saturated heterocycles. The zero-order valence-electron chi connectivity index (χ0n) is 10.8. The number of nitriles is 1. The minimum Gasteiger partial charge on any atom is -0.277 e. The second kappa shape index (κ2) is 5.53. The molecule has 0 radical (unpaired) electrons. The van der Waals surface area contributed by atoms with E-state index in [0.717, 1.165) is 31.5 Å². The standard InChI is InChI=1S/C15H11N3S2/c1-19-15-11(9-16)13(10-5-3-2-4-6-10)14(20-15)12-7-8-17-18-12/h2-8H,1H3,(H,17,18). The first-order valence-electron chi connectivity index (χ1n) is 6.01. The Morgan fingerprint density at radius 2 is 2.05 bits per heavy atom. The highest BCUT2D eigenvalue weighted by molar-refractivity contribution is 8.00. The summed E-state index contributed by atoms with van der Waals surface area (Å²) in [6, 6.07) is 14.3. The van der Waals surface area contributed by atoms with Crippen LogP contribution in [-0.2, 0) is 0 Å². The van der Waals surface area contributed by atoms with Crippen LogP contribution in [-0.4, -0.2) is 16.5 Å². The number of thiophene rings is 1. The van der Waals surface area contributed by atoms with Crippen LogP contribution in [0.3, 0.4) is 0 Å². The summed E-state index contributed by atoms with van der Waals surface area (Å²) in [7, 11) is 0. The average molecular weight is 297 g/mol. The molecule has 1 aromatic carbocycles. The predicted molar refractivity (Wildman–Crippen MR) is 83.8 cm³/mol. The van der Waals surface area contributed by atoms with Crippen LogP contribution in [0.5, 0.6) is 0 Å². The van der Waals surface area contributed by atoms with Crippen molar-refractivity contribution >= 4 is 23.1 Å². The first-order chi connectivity index (χ1) is 9.85. The maximum atomic E-state index is 9.52. The van der Waals surface area contributed by atoms with E-state index in [9.17, 15) is 5.26 Å². The maximum absolute atomic E-state index is 9.52. The number of hydrogen-bond acceptors (Lipinski definition) is 4. The first kappa shape index (κ1) is 13.0. The Kier molecular flexibility index (Phi) is 3.59. The number of nitrogens with one attached hydrogen (secondary N) is 1. The SMILES string of the molecule is CSc1sc(-c2ccn[nH]2)c(-c2ccccc2)c1C#N. The van der Waals surface area contributed by atoms with Gasteiger partial charge in [-0.3, -0.25) is 5.10 Å². The normalized spacial score (nSPS) is 10.4. The van der Waals surface area contributed by atoms with E-state index in [1.165, 1.54) is 0 Å².